The normalized spacial score (nSPS) is 10.8. The number of carbonyl (C=O) groups excluding carboxylic acids is 1. The number of benzene rings is 1. The van der Waals surface area contributed by atoms with E-state index in [4.69, 9.17) is 4.74 Å². The highest BCUT2D eigenvalue weighted by Crippen LogP contribution is 2.28. The molecule has 2 aromatic rings. The molecule has 1 aromatic carbocycles. The van der Waals surface area contributed by atoms with Crippen molar-refractivity contribution in [2.75, 3.05) is 11.9 Å². The molecular weight excluding hydrogens is 358 g/mol. The summed E-state index contributed by atoms with van der Waals surface area (Å²) >= 11 is 3.45. The van der Waals surface area contributed by atoms with Crippen molar-refractivity contribution in [1.82, 2.24) is 10.2 Å². The Hall–Kier alpha value is -1.82. The molecule has 2 N–H and O–H groups in total. The number of amides is 1. The molecule has 124 valence electrons. The predicted octanol–water partition coefficient (Wildman–Crippen LogP) is 4.73. The molecule has 0 saturated carbocycles. The number of carbonyl (C=O) groups is 1. The van der Waals surface area contributed by atoms with Crippen LogP contribution in [0.5, 0.6) is 5.75 Å². The van der Waals surface area contributed by atoms with E-state index in [-0.39, 0.29) is 11.8 Å². The van der Waals surface area contributed by atoms with Crippen LogP contribution in [0.4, 0.5) is 5.69 Å². The first-order chi connectivity index (χ1) is 11.0. The zero-order valence-electron chi connectivity index (χ0n) is 13.6. The highest BCUT2D eigenvalue weighted by Gasteiger charge is 2.20. The van der Waals surface area contributed by atoms with Gasteiger partial charge in [0.05, 0.1) is 22.5 Å². The number of rotatable bonds is 7. The maximum Gasteiger partial charge on any atom is 0.277 e. The van der Waals surface area contributed by atoms with Crippen molar-refractivity contribution >= 4 is 27.5 Å². The summed E-state index contributed by atoms with van der Waals surface area (Å²) in [4.78, 5) is 12.5. The molecule has 23 heavy (non-hydrogen) atoms. The molecule has 0 aliphatic rings. The van der Waals surface area contributed by atoms with Gasteiger partial charge in [-0.3, -0.25) is 9.89 Å². The van der Waals surface area contributed by atoms with E-state index in [9.17, 15) is 4.79 Å². The van der Waals surface area contributed by atoms with Crippen molar-refractivity contribution < 1.29 is 9.53 Å². The van der Waals surface area contributed by atoms with E-state index < -0.39 is 0 Å². The van der Waals surface area contributed by atoms with E-state index in [0.717, 1.165) is 18.5 Å². The van der Waals surface area contributed by atoms with E-state index in [1.807, 2.05) is 38.1 Å². The van der Waals surface area contributed by atoms with E-state index >= 15 is 0 Å². The maximum atomic E-state index is 12.5. The van der Waals surface area contributed by atoms with Crippen LogP contribution in [0.2, 0.25) is 0 Å². The number of halogens is 1. The standard InChI is InChI=1S/C17H22BrN3O2/c1-4-5-10-23-13-9-7-6-8-12(13)19-17(22)16-14(18)15(11(2)3)20-21-16/h6-9,11H,4-5,10H2,1-3H3,(H,19,22)(H,20,21). The number of hydrogen-bond donors (Lipinski definition) is 2. The monoisotopic (exact) mass is 379 g/mol. The Morgan fingerprint density at radius 1 is 1.39 bits per heavy atom. The Morgan fingerprint density at radius 3 is 2.78 bits per heavy atom. The molecule has 0 atom stereocenters. The molecule has 0 radical (unpaired) electrons. The molecular formula is C17H22BrN3O2. The largest absolute Gasteiger partial charge is 0.491 e. The third-order valence-electron chi connectivity index (χ3n) is 3.42. The summed E-state index contributed by atoms with van der Waals surface area (Å²) < 4.78 is 6.44. The first kappa shape index (κ1) is 17.5. The smallest absolute Gasteiger partial charge is 0.277 e. The molecule has 6 heteroatoms. The highest BCUT2D eigenvalue weighted by molar-refractivity contribution is 9.10. The fourth-order valence-corrected chi connectivity index (χ4v) is 2.89. The molecule has 0 spiro atoms. The van der Waals surface area contributed by atoms with Crippen molar-refractivity contribution in [2.24, 2.45) is 0 Å². The van der Waals surface area contributed by atoms with Gasteiger partial charge < -0.3 is 10.1 Å². The average molecular weight is 380 g/mol. The summed E-state index contributed by atoms with van der Waals surface area (Å²) in [5, 5.41) is 9.89. The Balaban J connectivity index is 2.14. The van der Waals surface area contributed by atoms with Crippen LogP contribution in [0.25, 0.3) is 0 Å². The Labute approximate surface area is 144 Å². The van der Waals surface area contributed by atoms with Gasteiger partial charge in [0.2, 0.25) is 0 Å². The molecule has 1 amide bonds. The summed E-state index contributed by atoms with van der Waals surface area (Å²) in [6.07, 6.45) is 2.04. The van der Waals surface area contributed by atoms with Crippen LogP contribution in [0, 0.1) is 0 Å². The number of aromatic nitrogens is 2. The van der Waals surface area contributed by atoms with Crippen LogP contribution in [-0.2, 0) is 0 Å². The van der Waals surface area contributed by atoms with Gasteiger partial charge in [-0.15, -0.1) is 0 Å². The first-order valence-corrected chi connectivity index (χ1v) is 8.60. The summed E-state index contributed by atoms with van der Waals surface area (Å²) in [5.74, 6) is 0.652. The lowest BCUT2D eigenvalue weighted by atomic mass is 10.1. The van der Waals surface area contributed by atoms with Crippen LogP contribution < -0.4 is 10.1 Å². The number of H-pyrrole nitrogens is 1. The highest BCUT2D eigenvalue weighted by atomic mass is 79.9. The van der Waals surface area contributed by atoms with Crippen LogP contribution in [0.15, 0.2) is 28.7 Å². The van der Waals surface area contributed by atoms with Crippen molar-refractivity contribution in [3.63, 3.8) is 0 Å². The lowest BCUT2D eigenvalue weighted by Gasteiger charge is -2.11. The van der Waals surface area contributed by atoms with Crippen LogP contribution in [-0.4, -0.2) is 22.7 Å². The number of hydrogen-bond acceptors (Lipinski definition) is 3. The van der Waals surface area contributed by atoms with Gasteiger partial charge in [0.1, 0.15) is 5.75 Å². The van der Waals surface area contributed by atoms with Gasteiger partial charge in [-0.25, -0.2) is 0 Å². The van der Waals surface area contributed by atoms with Crippen molar-refractivity contribution in [3.8, 4) is 5.75 Å². The SMILES string of the molecule is CCCCOc1ccccc1NC(=O)c1n[nH]c(C(C)C)c1Br. The van der Waals surface area contributed by atoms with Crippen molar-refractivity contribution in [2.45, 2.75) is 39.5 Å². The molecule has 2 rings (SSSR count). The average Bonchev–Trinajstić information content (AvgIpc) is 2.91. The molecule has 0 bridgehead atoms. The topological polar surface area (TPSA) is 67.0 Å². The second-order valence-electron chi connectivity index (χ2n) is 5.61. The number of unbranched alkanes of at least 4 members (excludes halogenated alkanes) is 1. The number of nitrogens with zero attached hydrogens (tertiary/aromatic N) is 1. The minimum absolute atomic E-state index is 0.253. The first-order valence-electron chi connectivity index (χ1n) is 7.81. The van der Waals surface area contributed by atoms with Gasteiger partial charge in [-0.2, -0.15) is 5.10 Å². The summed E-state index contributed by atoms with van der Waals surface area (Å²) in [6.45, 7) is 6.82. The van der Waals surface area contributed by atoms with Gasteiger partial charge in [0.25, 0.3) is 5.91 Å². The fraction of sp³-hybridized carbons (Fsp3) is 0.412. The number of anilines is 1. The third kappa shape index (κ3) is 4.34. The van der Waals surface area contributed by atoms with Crippen LogP contribution >= 0.6 is 15.9 Å². The van der Waals surface area contributed by atoms with Crippen molar-refractivity contribution in [3.05, 3.63) is 40.1 Å². The van der Waals surface area contributed by atoms with E-state index in [1.54, 1.807) is 0 Å². The summed E-state index contributed by atoms with van der Waals surface area (Å²) in [6, 6.07) is 7.42. The molecule has 5 nitrogen and oxygen atoms in total. The lowest BCUT2D eigenvalue weighted by molar-refractivity contribution is 0.102. The van der Waals surface area contributed by atoms with Gasteiger partial charge >= 0.3 is 0 Å². The quantitative estimate of drug-likeness (QED) is 0.683. The van der Waals surface area contributed by atoms with Crippen LogP contribution in [0.3, 0.4) is 0 Å². The Bertz CT molecular complexity index is 668. The Morgan fingerprint density at radius 2 is 2.13 bits per heavy atom. The molecule has 0 aliphatic heterocycles. The number of nitrogens with one attached hydrogen (secondary N) is 2. The number of aromatic amines is 1. The van der Waals surface area contributed by atoms with E-state index in [0.29, 0.717) is 28.2 Å². The summed E-state index contributed by atoms with van der Waals surface area (Å²) in [7, 11) is 0. The van der Waals surface area contributed by atoms with Gasteiger partial charge in [-0.1, -0.05) is 39.3 Å². The molecule has 0 saturated heterocycles. The van der Waals surface area contributed by atoms with E-state index in [2.05, 4.69) is 38.4 Å². The van der Waals surface area contributed by atoms with Gasteiger partial charge in [-0.05, 0) is 40.4 Å². The van der Waals surface area contributed by atoms with Gasteiger partial charge in [0.15, 0.2) is 5.69 Å². The summed E-state index contributed by atoms with van der Waals surface area (Å²) in [5.41, 5.74) is 1.90. The number of para-hydroxylation sites is 2. The van der Waals surface area contributed by atoms with Crippen LogP contribution in [0.1, 0.15) is 55.7 Å². The second-order valence-corrected chi connectivity index (χ2v) is 6.40. The third-order valence-corrected chi connectivity index (χ3v) is 4.22. The lowest BCUT2D eigenvalue weighted by Crippen LogP contribution is -2.14. The zero-order chi connectivity index (χ0) is 16.8. The molecule has 0 unspecified atom stereocenters. The minimum atomic E-state index is -0.272. The van der Waals surface area contributed by atoms with E-state index in [1.165, 1.54) is 0 Å². The molecule has 1 heterocycles. The van der Waals surface area contributed by atoms with Gasteiger partial charge in [0, 0.05) is 0 Å². The Kier molecular flexibility index (Phi) is 6.21. The molecule has 0 aliphatic carbocycles. The minimum Gasteiger partial charge on any atom is -0.491 e. The molecule has 0 fully saturated rings. The number of ether oxygens (including phenoxy) is 1. The zero-order valence-corrected chi connectivity index (χ0v) is 15.2. The molecule has 1 aromatic heterocycles. The maximum absolute atomic E-state index is 12.5. The van der Waals surface area contributed by atoms with Crippen molar-refractivity contribution in [1.29, 1.82) is 0 Å². The fourth-order valence-electron chi connectivity index (χ4n) is 2.08. The predicted molar refractivity (Wildman–Crippen MR) is 95.2 cm³/mol. The second kappa shape index (κ2) is 8.15.